The standard InChI is InChI=1S/C26H24N4O4/c1-16-5-4-6-21(13-16)26-30-29-25(34-26)20-11-9-19(10-12-20)24(32)28-27-23(31)15-33-22-14-17(2)7-8-18(22)3/h4-14H,15H2,1-3H3,(H,27,31)(H,28,32). The SMILES string of the molecule is Cc1cccc(-c2nnc(-c3ccc(C(=O)NNC(=O)COc4cc(C)ccc4C)cc3)o2)c1. The van der Waals surface area contributed by atoms with Gasteiger partial charge in [0.1, 0.15) is 5.75 Å². The van der Waals surface area contributed by atoms with Crippen molar-refractivity contribution in [2.75, 3.05) is 6.61 Å². The van der Waals surface area contributed by atoms with Crippen molar-refractivity contribution < 1.29 is 18.7 Å². The second-order valence-electron chi connectivity index (χ2n) is 7.92. The Labute approximate surface area is 197 Å². The number of hydrogen-bond acceptors (Lipinski definition) is 6. The molecule has 0 aliphatic rings. The van der Waals surface area contributed by atoms with Crippen LogP contribution < -0.4 is 15.6 Å². The Morgan fingerprint density at radius 3 is 2.26 bits per heavy atom. The van der Waals surface area contributed by atoms with Crippen LogP contribution in [0.1, 0.15) is 27.0 Å². The molecule has 8 nitrogen and oxygen atoms in total. The summed E-state index contributed by atoms with van der Waals surface area (Å²) in [5.41, 5.74) is 9.66. The lowest BCUT2D eigenvalue weighted by atomic mass is 10.1. The van der Waals surface area contributed by atoms with E-state index in [9.17, 15) is 9.59 Å². The summed E-state index contributed by atoms with van der Waals surface area (Å²) in [4.78, 5) is 24.4. The molecule has 1 heterocycles. The largest absolute Gasteiger partial charge is 0.483 e. The number of hydrogen-bond donors (Lipinski definition) is 2. The zero-order valence-corrected chi connectivity index (χ0v) is 19.1. The van der Waals surface area contributed by atoms with Crippen LogP contribution in [-0.4, -0.2) is 28.6 Å². The second kappa shape index (κ2) is 9.99. The van der Waals surface area contributed by atoms with Gasteiger partial charge in [-0.2, -0.15) is 0 Å². The molecule has 0 radical (unpaired) electrons. The summed E-state index contributed by atoms with van der Waals surface area (Å²) in [5, 5.41) is 8.20. The zero-order chi connectivity index (χ0) is 24.1. The lowest BCUT2D eigenvalue weighted by molar-refractivity contribution is -0.123. The third-order valence-corrected chi connectivity index (χ3v) is 5.10. The van der Waals surface area contributed by atoms with E-state index in [1.54, 1.807) is 24.3 Å². The molecule has 172 valence electrons. The average Bonchev–Trinajstić information content (AvgIpc) is 3.33. The van der Waals surface area contributed by atoms with Gasteiger partial charge in [-0.05, 0) is 74.4 Å². The minimum Gasteiger partial charge on any atom is -0.483 e. The van der Waals surface area contributed by atoms with Gasteiger partial charge in [0.25, 0.3) is 11.8 Å². The van der Waals surface area contributed by atoms with Crippen LogP contribution in [0.4, 0.5) is 0 Å². The summed E-state index contributed by atoms with van der Waals surface area (Å²) in [5.74, 6) is 0.466. The third-order valence-electron chi connectivity index (χ3n) is 5.10. The minimum absolute atomic E-state index is 0.218. The fourth-order valence-corrected chi connectivity index (χ4v) is 3.24. The number of amides is 2. The van der Waals surface area contributed by atoms with Crippen LogP contribution in [0.15, 0.2) is 71.1 Å². The molecule has 3 aromatic carbocycles. The highest BCUT2D eigenvalue weighted by molar-refractivity contribution is 5.95. The molecule has 0 saturated carbocycles. The number of carbonyl (C=O) groups is 2. The highest BCUT2D eigenvalue weighted by Gasteiger charge is 2.13. The van der Waals surface area contributed by atoms with Gasteiger partial charge >= 0.3 is 0 Å². The molecule has 0 saturated heterocycles. The fourth-order valence-electron chi connectivity index (χ4n) is 3.24. The van der Waals surface area contributed by atoms with E-state index in [2.05, 4.69) is 21.0 Å². The summed E-state index contributed by atoms with van der Waals surface area (Å²) >= 11 is 0. The summed E-state index contributed by atoms with van der Waals surface area (Å²) in [6.07, 6.45) is 0. The Balaban J connectivity index is 1.32. The molecule has 0 unspecified atom stereocenters. The molecular weight excluding hydrogens is 432 g/mol. The normalized spacial score (nSPS) is 10.6. The maximum Gasteiger partial charge on any atom is 0.276 e. The molecule has 0 aliphatic heterocycles. The van der Waals surface area contributed by atoms with Gasteiger partial charge in [0.15, 0.2) is 6.61 Å². The van der Waals surface area contributed by atoms with Crippen molar-refractivity contribution in [3.63, 3.8) is 0 Å². The van der Waals surface area contributed by atoms with Crippen molar-refractivity contribution in [1.29, 1.82) is 0 Å². The van der Waals surface area contributed by atoms with Gasteiger partial charge in [0.2, 0.25) is 11.8 Å². The minimum atomic E-state index is -0.472. The number of ether oxygens (including phenoxy) is 1. The van der Waals surface area contributed by atoms with Gasteiger partial charge in [-0.15, -0.1) is 10.2 Å². The smallest absolute Gasteiger partial charge is 0.276 e. The van der Waals surface area contributed by atoms with Gasteiger partial charge in [0, 0.05) is 16.7 Å². The molecule has 0 fully saturated rings. The Kier molecular flexibility index (Phi) is 6.68. The summed E-state index contributed by atoms with van der Waals surface area (Å²) < 4.78 is 11.3. The third kappa shape index (κ3) is 5.47. The Morgan fingerprint density at radius 1 is 0.824 bits per heavy atom. The van der Waals surface area contributed by atoms with Crippen LogP contribution in [0.3, 0.4) is 0 Å². The lowest BCUT2D eigenvalue weighted by Gasteiger charge is -2.11. The Bertz CT molecular complexity index is 1330. The number of carbonyl (C=O) groups excluding carboxylic acids is 2. The van der Waals surface area contributed by atoms with E-state index >= 15 is 0 Å². The van der Waals surface area contributed by atoms with E-state index < -0.39 is 11.8 Å². The average molecular weight is 457 g/mol. The van der Waals surface area contributed by atoms with E-state index in [0.29, 0.717) is 28.7 Å². The van der Waals surface area contributed by atoms with Crippen LogP contribution in [0.2, 0.25) is 0 Å². The molecular formula is C26H24N4O4. The number of rotatable bonds is 6. The maximum atomic E-state index is 12.4. The van der Waals surface area contributed by atoms with E-state index in [1.807, 2.05) is 63.2 Å². The highest BCUT2D eigenvalue weighted by atomic mass is 16.5. The first kappa shape index (κ1) is 22.7. The molecule has 2 amide bonds. The maximum absolute atomic E-state index is 12.4. The molecule has 4 rings (SSSR count). The van der Waals surface area contributed by atoms with Crippen molar-refractivity contribution in [3.05, 3.63) is 89.0 Å². The summed E-state index contributed by atoms with van der Waals surface area (Å²) in [6.45, 7) is 5.62. The van der Waals surface area contributed by atoms with E-state index in [4.69, 9.17) is 9.15 Å². The number of hydrazine groups is 1. The molecule has 0 spiro atoms. The van der Waals surface area contributed by atoms with Crippen LogP contribution in [0, 0.1) is 20.8 Å². The predicted octanol–water partition coefficient (Wildman–Crippen LogP) is 4.17. The van der Waals surface area contributed by atoms with Crippen molar-refractivity contribution in [3.8, 4) is 28.7 Å². The topological polar surface area (TPSA) is 106 Å². The summed E-state index contributed by atoms with van der Waals surface area (Å²) in [6, 6.07) is 20.2. The van der Waals surface area contributed by atoms with Crippen LogP contribution in [0.25, 0.3) is 22.9 Å². The number of nitrogens with zero attached hydrogens (tertiary/aromatic N) is 2. The predicted molar refractivity (Wildman–Crippen MR) is 127 cm³/mol. The first-order valence-corrected chi connectivity index (χ1v) is 10.7. The number of benzene rings is 3. The van der Waals surface area contributed by atoms with Crippen molar-refractivity contribution in [1.82, 2.24) is 21.0 Å². The van der Waals surface area contributed by atoms with Crippen molar-refractivity contribution in [2.24, 2.45) is 0 Å². The fraction of sp³-hybridized carbons (Fsp3) is 0.154. The number of nitrogens with one attached hydrogen (secondary N) is 2. The number of aromatic nitrogens is 2. The molecule has 0 bridgehead atoms. The highest BCUT2D eigenvalue weighted by Crippen LogP contribution is 2.24. The lowest BCUT2D eigenvalue weighted by Crippen LogP contribution is -2.43. The molecule has 0 atom stereocenters. The van der Waals surface area contributed by atoms with E-state index in [1.165, 1.54) is 0 Å². The Hall–Kier alpha value is -4.46. The molecule has 34 heavy (non-hydrogen) atoms. The molecule has 2 N–H and O–H groups in total. The van der Waals surface area contributed by atoms with Gasteiger partial charge in [-0.25, -0.2) is 0 Å². The van der Waals surface area contributed by atoms with Crippen LogP contribution in [0.5, 0.6) is 5.75 Å². The molecule has 4 aromatic rings. The van der Waals surface area contributed by atoms with Crippen molar-refractivity contribution in [2.45, 2.75) is 20.8 Å². The first-order valence-electron chi connectivity index (χ1n) is 10.7. The van der Waals surface area contributed by atoms with E-state index in [0.717, 1.165) is 22.3 Å². The van der Waals surface area contributed by atoms with Gasteiger partial charge in [-0.3, -0.25) is 20.4 Å². The Morgan fingerprint density at radius 2 is 1.53 bits per heavy atom. The van der Waals surface area contributed by atoms with E-state index in [-0.39, 0.29) is 6.61 Å². The van der Waals surface area contributed by atoms with Gasteiger partial charge < -0.3 is 9.15 Å². The van der Waals surface area contributed by atoms with Gasteiger partial charge in [0.05, 0.1) is 0 Å². The van der Waals surface area contributed by atoms with Crippen LogP contribution in [-0.2, 0) is 4.79 Å². The first-order chi connectivity index (χ1) is 16.4. The molecule has 8 heteroatoms. The van der Waals surface area contributed by atoms with Crippen LogP contribution >= 0.6 is 0 Å². The molecule has 0 aliphatic carbocycles. The van der Waals surface area contributed by atoms with Gasteiger partial charge in [-0.1, -0.05) is 29.8 Å². The monoisotopic (exact) mass is 456 g/mol. The quantitative estimate of drug-likeness (QED) is 0.422. The second-order valence-corrected chi connectivity index (χ2v) is 7.92. The summed E-state index contributed by atoms with van der Waals surface area (Å²) in [7, 11) is 0. The number of aryl methyl sites for hydroxylation is 3. The molecule has 1 aromatic heterocycles. The zero-order valence-electron chi connectivity index (χ0n) is 19.1. The van der Waals surface area contributed by atoms with Crippen molar-refractivity contribution >= 4 is 11.8 Å².